The van der Waals surface area contributed by atoms with E-state index in [9.17, 15) is 9.18 Å². The molecule has 1 saturated carbocycles. The molecule has 2 unspecified atom stereocenters. The van der Waals surface area contributed by atoms with Crippen LogP contribution in [-0.2, 0) is 4.79 Å². The molecule has 1 aromatic carbocycles. The fourth-order valence-electron chi connectivity index (χ4n) is 3.31. The second kappa shape index (κ2) is 5.72. The molecule has 1 aromatic rings. The number of carbonyl (C=O) groups excluding carboxylic acids is 1. The van der Waals surface area contributed by atoms with Crippen molar-refractivity contribution in [1.82, 2.24) is 0 Å². The fourth-order valence-corrected chi connectivity index (χ4v) is 3.31. The van der Waals surface area contributed by atoms with Crippen molar-refractivity contribution in [2.45, 2.75) is 32.6 Å². The number of carbonyl (C=O) groups is 1. The lowest BCUT2D eigenvalue weighted by molar-refractivity contribution is -0.118. The first-order valence-corrected chi connectivity index (χ1v) is 6.98. The molecule has 0 aromatic heterocycles. The average Bonchev–Trinajstić information content (AvgIpc) is 2.39. The van der Waals surface area contributed by atoms with Crippen molar-refractivity contribution in [2.75, 3.05) is 18.5 Å². The lowest BCUT2D eigenvalue weighted by atomic mass is 9.70. The van der Waals surface area contributed by atoms with Gasteiger partial charge in [0.25, 0.3) is 0 Å². The maximum atomic E-state index is 13.8. The molecule has 0 spiro atoms. The number of rotatable bonds is 4. The minimum atomic E-state index is -0.311. The Balaban J connectivity index is 2.14. The van der Waals surface area contributed by atoms with Crippen molar-refractivity contribution in [1.29, 1.82) is 0 Å². The molecule has 19 heavy (non-hydrogen) atoms. The molecular formula is C16H22FNO. The van der Waals surface area contributed by atoms with Gasteiger partial charge < -0.3 is 9.69 Å². The minimum Gasteiger partial charge on any atom is -0.371 e. The van der Waals surface area contributed by atoms with Crippen LogP contribution in [0.15, 0.2) is 24.3 Å². The number of halogens is 1. The summed E-state index contributed by atoms with van der Waals surface area (Å²) in [5.41, 5.74) is 0.260. The highest BCUT2D eigenvalue weighted by atomic mass is 19.1. The predicted molar refractivity (Wildman–Crippen MR) is 75.8 cm³/mol. The summed E-state index contributed by atoms with van der Waals surface area (Å²) in [6.07, 6.45) is 5.21. The molecule has 0 saturated heterocycles. The molecule has 0 heterocycles. The first-order chi connectivity index (χ1) is 9.06. The predicted octanol–water partition coefficient (Wildman–Crippen LogP) is 3.66. The first kappa shape index (κ1) is 14.0. The summed E-state index contributed by atoms with van der Waals surface area (Å²) in [5.74, 6) is 0.350. The Kier molecular flexibility index (Phi) is 4.23. The zero-order valence-electron chi connectivity index (χ0n) is 11.7. The van der Waals surface area contributed by atoms with Gasteiger partial charge in [-0.25, -0.2) is 4.39 Å². The van der Waals surface area contributed by atoms with Crippen LogP contribution in [0.5, 0.6) is 0 Å². The number of para-hydroxylation sites is 1. The van der Waals surface area contributed by atoms with Crippen LogP contribution < -0.4 is 4.90 Å². The van der Waals surface area contributed by atoms with Gasteiger partial charge in [-0.15, -0.1) is 0 Å². The molecule has 0 bridgehead atoms. The molecule has 0 aliphatic heterocycles. The Labute approximate surface area is 114 Å². The van der Waals surface area contributed by atoms with E-state index in [1.165, 1.54) is 12.5 Å². The summed E-state index contributed by atoms with van der Waals surface area (Å²) >= 11 is 0. The van der Waals surface area contributed by atoms with Crippen molar-refractivity contribution < 1.29 is 9.18 Å². The van der Waals surface area contributed by atoms with Gasteiger partial charge in [0.05, 0.1) is 5.69 Å². The van der Waals surface area contributed by atoms with Gasteiger partial charge in [-0.2, -0.15) is 0 Å². The topological polar surface area (TPSA) is 20.3 Å². The smallest absolute Gasteiger partial charge is 0.146 e. The monoisotopic (exact) mass is 263 g/mol. The van der Waals surface area contributed by atoms with Crippen LogP contribution in [0.25, 0.3) is 0 Å². The molecule has 2 atom stereocenters. The number of benzene rings is 1. The van der Waals surface area contributed by atoms with E-state index in [1.54, 1.807) is 12.1 Å². The van der Waals surface area contributed by atoms with Crippen molar-refractivity contribution >= 4 is 12.0 Å². The summed E-state index contributed by atoms with van der Waals surface area (Å²) in [4.78, 5) is 13.4. The molecule has 2 rings (SSSR count). The Morgan fingerprint density at radius 2 is 2.21 bits per heavy atom. The molecule has 3 heteroatoms. The quantitative estimate of drug-likeness (QED) is 0.773. The Morgan fingerprint density at radius 3 is 2.84 bits per heavy atom. The SMILES string of the molecule is CC1CCCC(C=O)(CN(C)c2ccccc2F)C1. The van der Waals surface area contributed by atoms with Crippen molar-refractivity contribution in [3.8, 4) is 0 Å². The molecule has 1 fully saturated rings. The maximum absolute atomic E-state index is 13.8. The van der Waals surface area contributed by atoms with Gasteiger partial charge in [0.1, 0.15) is 12.1 Å². The number of nitrogens with zero attached hydrogens (tertiary/aromatic N) is 1. The molecule has 1 aliphatic rings. The summed E-state index contributed by atoms with van der Waals surface area (Å²) in [6.45, 7) is 2.79. The molecule has 1 aliphatic carbocycles. The van der Waals surface area contributed by atoms with E-state index in [-0.39, 0.29) is 11.2 Å². The van der Waals surface area contributed by atoms with Gasteiger partial charge in [0.15, 0.2) is 0 Å². The third kappa shape index (κ3) is 3.14. The van der Waals surface area contributed by atoms with Crippen LogP contribution in [0.1, 0.15) is 32.6 Å². The highest BCUT2D eigenvalue weighted by Gasteiger charge is 2.36. The highest BCUT2D eigenvalue weighted by molar-refractivity contribution is 5.62. The zero-order valence-corrected chi connectivity index (χ0v) is 11.7. The van der Waals surface area contributed by atoms with Crippen LogP contribution in [0.4, 0.5) is 10.1 Å². The summed E-state index contributed by atoms with van der Waals surface area (Å²) in [5, 5.41) is 0. The van der Waals surface area contributed by atoms with E-state index in [2.05, 4.69) is 6.92 Å². The van der Waals surface area contributed by atoms with E-state index in [1.807, 2.05) is 18.0 Å². The van der Waals surface area contributed by atoms with Crippen molar-refractivity contribution in [3.63, 3.8) is 0 Å². The molecule has 104 valence electrons. The Bertz CT molecular complexity index is 448. The van der Waals surface area contributed by atoms with Crippen LogP contribution in [0.2, 0.25) is 0 Å². The largest absolute Gasteiger partial charge is 0.371 e. The molecule has 0 N–H and O–H groups in total. The summed E-state index contributed by atoms with van der Waals surface area (Å²) < 4.78 is 13.8. The fraction of sp³-hybridized carbons (Fsp3) is 0.562. The maximum Gasteiger partial charge on any atom is 0.146 e. The Hall–Kier alpha value is -1.38. The number of aldehydes is 1. The van der Waals surface area contributed by atoms with Gasteiger partial charge in [-0.1, -0.05) is 31.9 Å². The molecule has 0 radical (unpaired) electrons. The minimum absolute atomic E-state index is 0.227. The van der Waals surface area contributed by atoms with Crippen molar-refractivity contribution in [2.24, 2.45) is 11.3 Å². The number of hydrogen-bond donors (Lipinski definition) is 0. The first-order valence-electron chi connectivity index (χ1n) is 6.98. The van der Waals surface area contributed by atoms with Gasteiger partial charge >= 0.3 is 0 Å². The number of hydrogen-bond acceptors (Lipinski definition) is 2. The van der Waals surface area contributed by atoms with E-state index in [0.29, 0.717) is 18.2 Å². The lowest BCUT2D eigenvalue weighted by Gasteiger charge is -2.39. The second-order valence-electron chi connectivity index (χ2n) is 5.99. The zero-order chi connectivity index (χ0) is 13.9. The van der Waals surface area contributed by atoms with Crippen LogP contribution in [0.3, 0.4) is 0 Å². The molecule has 0 amide bonds. The lowest BCUT2D eigenvalue weighted by Crippen LogP contribution is -2.40. The van der Waals surface area contributed by atoms with Crippen molar-refractivity contribution in [3.05, 3.63) is 30.1 Å². The van der Waals surface area contributed by atoms with E-state index >= 15 is 0 Å². The van der Waals surface area contributed by atoms with Crippen LogP contribution in [0, 0.1) is 17.2 Å². The van der Waals surface area contributed by atoms with E-state index in [4.69, 9.17) is 0 Å². The average molecular weight is 263 g/mol. The normalized spacial score (nSPS) is 27.0. The van der Waals surface area contributed by atoms with E-state index in [0.717, 1.165) is 25.5 Å². The highest BCUT2D eigenvalue weighted by Crippen LogP contribution is 2.39. The van der Waals surface area contributed by atoms with Gasteiger partial charge in [0.2, 0.25) is 0 Å². The van der Waals surface area contributed by atoms with Crippen LogP contribution >= 0.6 is 0 Å². The van der Waals surface area contributed by atoms with E-state index < -0.39 is 0 Å². The summed E-state index contributed by atoms with van der Waals surface area (Å²) in [6, 6.07) is 6.74. The Morgan fingerprint density at radius 1 is 1.47 bits per heavy atom. The second-order valence-corrected chi connectivity index (χ2v) is 5.99. The standard InChI is InChI=1S/C16H22FNO/c1-13-6-5-9-16(10-13,12-19)11-18(2)15-8-4-3-7-14(15)17/h3-4,7-8,12-13H,5-6,9-11H2,1-2H3. The third-order valence-corrected chi connectivity index (χ3v) is 4.19. The molecular weight excluding hydrogens is 241 g/mol. The summed E-state index contributed by atoms with van der Waals surface area (Å²) in [7, 11) is 1.86. The van der Waals surface area contributed by atoms with Gasteiger partial charge in [-0.05, 0) is 30.9 Å². The third-order valence-electron chi connectivity index (χ3n) is 4.19. The molecule has 2 nitrogen and oxygen atoms in total. The van der Waals surface area contributed by atoms with Gasteiger partial charge in [0, 0.05) is 19.0 Å². The van der Waals surface area contributed by atoms with Gasteiger partial charge in [-0.3, -0.25) is 0 Å². The number of anilines is 1. The van der Waals surface area contributed by atoms with Crippen LogP contribution in [-0.4, -0.2) is 19.9 Å².